The molecule has 0 aliphatic carbocycles. The number of alkyl halides is 3. The molecule has 14 heteroatoms. The van der Waals surface area contributed by atoms with Crippen LogP contribution >= 0.6 is 11.6 Å². The SMILES string of the molecule is NC(=O)c1cc2ccc(Cl)cc2nc1[C@H]1CO[C@H](c2nnc(OCCOC(F)(F)F)o2)OC1. The third-order valence-electron chi connectivity index (χ3n) is 4.56. The molecule has 3 heterocycles. The van der Waals surface area contributed by atoms with E-state index in [4.69, 9.17) is 36.0 Å². The number of hydrogen-bond acceptors (Lipinski definition) is 9. The van der Waals surface area contributed by atoms with Gasteiger partial charge in [0.1, 0.15) is 6.61 Å². The van der Waals surface area contributed by atoms with Gasteiger partial charge in [-0.05, 0) is 18.2 Å². The molecular weight excluding hydrogens is 473 g/mol. The lowest BCUT2D eigenvalue weighted by molar-refractivity contribution is -0.325. The van der Waals surface area contributed by atoms with Crippen LogP contribution in [-0.4, -0.2) is 53.9 Å². The minimum Gasteiger partial charge on any atom is -0.447 e. The molecule has 0 saturated carbocycles. The van der Waals surface area contributed by atoms with Crippen molar-refractivity contribution in [3.05, 3.63) is 46.4 Å². The molecule has 1 aromatic carbocycles. The van der Waals surface area contributed by atoms with Gasteiger partial charge < -0.3 is 24.4 Å². The fourth-order valence-electron chi connectivity index (χ4n) is 3.13. The topological polar surface area (TPSA) is 132 Å². The normalized spacial score (nSPS) is 19.0. The van der Waals surface area contributed by atoms with Crippen LogP contribution in [0.3, 0.4) is 0 Å². The first-order chi connectivity index (χ1) is 15.7. The third kappa shape index (κ3) is 5.68. The van der Waals surface area contributed by atoms with Crippen molar-refractivity contribution < 1.29 is 41.3 Å². The van der Waals surface area contributed by atoms with E-state index in [-0.39, 0.29) is 30.7 Å². The second-order valence-electron chi connectivity index (χ2n) is 6.87. The van der Waals surface area contributed by atoms with Gasteiger partial charge in [-0.2, -0.15) is 0 Å². The molecule has 1 aliphatic heterocycles. The van der Waals surface area contributed by atoms with Crippen molar-refractivity contribution in [2.75, 3.05) is 26.4 Å². The average molecular weight is 489 g/mol. The van der Waals surface area contributed by atoms with Crippen molar-refractivity contribution in [2.24, 2.45) is 5.73 Å². The Morgan fingerprint density at radius 1 is 1.18 bits per heavy atom. The predicted molar refractivity (Wildman–Crippen MR) is 104 cm³/mol. The largest absolute Gasteiger partial charge is 0.522 e. The highest BCUT2D eigenvalue weighted by Gasteiger charge is 2.32. The van der Waals surface area contributed by atoms with E-state index in [0.717, 1.165) is 0 Å². The molecule has 0 bridgehead atoms. The maximum atomic E-state index is 12.0. The summed E-state index contributed by atoms with van der Waals surface area (Å²) in [7, 11) is 0. The zero-order valence-electron chi connectivity index (χ0n) is 16.7. The van der Waals surface area contributed by atoms with Crippen LogP contribution in [0.25, 0.3) is 10.9 Å². The molecule has 0 radical (unpaired) electrons. The van der Waals surface area contributed by atoms with Crippen LogP contribution in [0.5, 0.6) is 6.08 Å². The van der Waals surface area contributed by atoms with Crippen molar-refractivity contribution in [2.45, 2.75) is 18.6 Å². The molecule has 2 N–H and O–H groups in total. The number of primary amides is 1. The Labute approximate surface area is 188 Å². The summed E-state index contributed by atoms with van der Waals surface area (Å²) in [6.45, 7) is -1.03. The Morgan fingerprint density at radius 2 is 1.94 bits per heavy atom. The lowest BCUT2D eigenvalue weighted by Gasteiger charge is -2.28. The van der Waals surface area contributed by atoms with Crippen LogP contribution in [0.4, 0.5) is 13.2 Å². The van der Waals surface area contributed by atoms with Gasteiger partial charge in [-0.15, -0.1) is 18.3 Å². The molecule has 33 heavy (non-hydrogen) atoms. The first-order valence-corrected chi connectivity index (χ1v) is 9.87. The van der Waals surface area contributed by atoms with Gasteiger partial charge in [0, 0.05) is 16.3 Å². The van der Waals surface area contributed by atoms with Gasteiger partial charge in [-0.3, -0.25) is 14.5 Å². The smallest absolute Gasteiger partial charge is 0.447 e. The van der Waals surface area contributed by atoms with Gasteiger partial charge in [0.25, 0.3) is 11.8 Å². The maximum Gasteiger partial charge on any atom is 0.522 e. The molecule has 1 saturated heterocycles. The molecular formula is C19H16ClF3N4O6. The first kappa shape index (κ1) is 23.2. The van der Waals surface area contributed by atoms with Crippen molar-refractivity contribution in [3.63, 3.8) is 0 Å². The molecule has 176 valence electrons. The van der Waals surface area contributed by atoms with Gasteiger partial charge in [-0.25, -0.2) is 0 Å². The highest BCUT2D eigenvalue weighted by atomic mass is 35.5. The van der Waals surface area contributed by atoms with Crippen LogP contribution in [-0.2, 0) is 14.2 Å². The minimum absolute atomic E-state index is 0.0853. The van der Waals surface area contributed by atoms with E-state index in [1.165, 1.54) is 0 Å². The van der Waals surface area contributed by atoms with Gasteiger partial charge in [0.2, 0.25) is 6.29 Å². The number of carbonyl (C=O) groups is 1. The second-order valence-corrected chi connectivity index (χ2v) is 7.30. The minimum atomic E-state index is -4.76. The molecule has 10 nitrogen and oxygen atoms in total. The van der Waals surface area contributed by atoms with Crippen LogP contribution in [0.2, 0.25) is 5.02 Å². The van der Waals surface area contributed by atoms with E-state index in [0.29, 0.717) is 21.6 Å². The van der Waals surface area contributed by atoms with Crippen molar-refractivity contribution in [3.8, 4) is 6.08 Å². The zero-order valence-corrected chi connectivity index (χ0v) is 17.4. The van der Waals surface area contributed by atoms with E-state index in [1.807, 2.05) is 0 Å². The number of carbonyl (C=O) groups excluding carboxylic acids is 1. The van der Waals surface area contributed by atoms with Crippen LogP contribution in [0, 0.1) is 0 Å². The summed E-state index contributed by atoms with van der Waals surface area (Å²) < 4.78 is 60.8. The molecule has 2 aromatic heterocycles. The summed E-state index contributed by atoms with van der Waals surface area (Å²) in [5.74, 6) is -1.16. The van der Waals surface area contributed by atoms with Gasteiger partial charge in [-0.1, -0.05) is 22.8 Å². The number of halogens is 4. The third-order valence-corrected chi connectivity index (χ3v) is 4.79. The van der Waals surface area contributed by atoms with E-state index in [2.05, 4.69) is 19.9 Å². The number of hydrogen-bond donors (Lipinski definition) is 1. The summed E-state index contributed by atoms with van der Waals surface area (Å²) in [6.07, 6.45) is -6.16. The summed E-state index contributed by atoms with van der Waals surface area (Å²) in [4.78, 5) is 16.5. The number of fused-ring (bicyclic) bond motifs is 1. The summed E-state index contributed by atoms with van der Waals surface area (Å²) in [6, 6.07) is 6.71. The van der Waals surface area contributed by atoms with Crippen molar-refractivity contribution in [1.82, 2.24) is 15.2 Å². The highest BCUT2D eigenvalue weighted by molar-refractivity contribution is 6.31. The number of rotatable bonds is 7. The van der Waals surface area contributed by atoms with E-state index >= 15 is 0 Å². The number of aromatic nitrogens is 3. The Hall–Kier alpha value is -3.00. The molecule has 0 unspecified atom stereocenters. The molecule has 0 spiro atoms. The fourth-order valence-corrected chi connectivity index (χ4v) is 3.29. The van der Waals surface area contributed by atoms with E-state index < -0.39 is 37.7 Å². The number of benzene rings is 1. The number of amides is 1. The Morgan fingerprint density at radius 3 is 2.64 bits per heavy atom. The quantitative estimate of drug-likeness (QED) is 0.498. The second kappa shape index (κ2) is 9.47. The lowest BCUT2D eigenvalue weighted by atomic mass is 9.98. The van der Waals surface area contributed by atoms with Gasteiger partial charge in [0.15, 0.2) is 0 Å². The number of pyridine rings is 1. The Balaban J connectivity index is 1.40. The average Bonchev–Trinajstić information content (AvgIpc) is 3.24. The van der Waals surface area contributed by atoms with Gasteiger partial charge >= 0.3 is 12.4 Å². The zero-order chi connectivity index (χ0) is 23.6. The molecule has 0 atom stereocenters. The van der Waals surface area contributed by atoms with Crippen molar-refractivity contribution >= 4 is 28.4 Å². The lowest BCUT2D eigenvalue weighted by Crippen LogP contribution is -2.28. The Bertz CT molecular complexity index is 1150. The molecule has 1 fully saturated rings. The van der Waals surface area contributed by atoms with Crippen LogP contribution < -0.4 is 10.5 Å². The summed E-state index contributed by atoms with van der Waals surface area (Å²) in [5, 5.41) is 8.45. The van der Waals surface area contributed by atoms with E-state index in [9.17, 15) is 18.0 Å². The standard InChI is InChI=1S/C19H16ClF3N4O6/c20-11-2-1-9-5-12(15(24)28)14(25-13(9)6-11)10-7-30-17(31-8-10)16-26-27-18(33-16)29-3-4-32-19(21,22)23/h1-2,5-6,10,17H,3-4,7-8H2,(H2,24,28)/t10-,17-. The summed E-state index contributed by atoms with van der Waals surface area (Å²) in [5.41, 5.74) is 6.74. The molecule has 3 aromatic rings. The Kier molecular flexibility index (Phi) is 6.65. The first-order valence-electron chi connectivity index (χ1n) is 9.49. The molecule has 4 rings (SSSR count). The molecule has 1 aliphatic rings. The predicted octanol–water partition coefficient (Wildman–Crippen LogP) is 3.11. The van der Waals surface area contributed by atoms with Crippen LogP contribution in [0.1, 0.15) is 34.2 Å². The van der Waals surface area contributed by atoms with Gasteiger partial charge in [0.05, 0.1) is 36.6 Å². The summed E-state index contributed by atoms with van der Waals surface area (Å²) >= 11 is 6.04. The number of ether oxygens (including phenoxy) is 4. The highest BCUT2D eigenvalue weighted by Crippen LogP contribution is 2.32. The monoisotopic (exact) mass is 488 g/mol. The van der Waals surface area contributed by atoms with Crippen LogP contribution in [0.15, 0.2) is 28.7 Å². The number of nitrogens with two attached hydrogens (primary N) is 1. The number of nitrogens with zero attached hydrogens (tertiary/aromatic N) is 3. The molecule has 1 amide bonds. The fraction of sp³-hybridized carbons (Fsp3) is 0.368. The van der Waals surface area contributed by atoms with Crippen molar-refractivity contribution in [1.29, 1.82) is 0 Å². The maximum absolute atomic E-state index is 12.0. The van der Waals surface area contributed by atoms with E-state index in [1.54, 1.807) is 24.3 Å².